The van der Waals surface area contributed by atoms with Gasteiger partial charge in [0.1, 0.15) is 0 Å². The minimum Gasteiger partial charge on any atom is -0.371 e. The molecule has 1 aliphatic rings. The zero-order chi connectivity index (χ0) is 15.9. The topological polar surface area (TPSA) is 9.23 Å². The van der Waals surface area contributed by atoms with E-state index in [-0.39, 0.29) is 0 Å². The maximum atomic E-state index is 6.26. The van der Waals surface area contributed by atoms with Crippen molar-refractivity contribution in [2.45, 2.75) is 122 Å². The van der Waals surface area contributed by atoms with Gasteiger partial charge in [-0.1, -0.05) is 103 Å². The van der Waals surface area contributed by atoms with Crippen LogP contribution < -0.4 is 0 Å². The van der Waals surface area contributed by atoms with E-state index >= 15 is 0 Å². The summed E-state index contributed by atoms with van der Waals surface area (Å²) in [5.74, 6) is 0. The Morgan fingerprint density at radius 3 is 1.91 bits per heavy atom. The molecule has 0 aromatic heterocycles. The summed E-state index contributed by atoms with van der Waals surface area (Å²) in [6, 6.07) is 0. The van der Waals surface area contributed by atoms with Gasteiger partial charge in [-0.15, -0.1) is 0 Å². The Morgan fingerprint density at radius 1 is 0.727 bits per heavy atom. The molecule has 0 fully saturated rings. The minimum atomic E-state index is 0.407. The lowest BCUT2D eigenvalue weighted by atomic mass is 10.0. The van der Waals surface area contributed by atoms with E-state index in [0.717, 1.165) is 6.42 Å². The molecule has 22 heavy (non-hydrogen) atoms. The zero-order valence-electron chi connectivity index (χ0n) is 15.3. The fourth-order valence-electron chi connectivity index (χ4n) is 3.36. The lowest BCUT2D eigenvalue weighted by Crippen LogP contribution is -2.24. The molecular formula is C21H40O. The van der Waals surface area contributed by atoms with Crippen LogP contribution in [0.2, 0.25) is 0 Å². The van der Waals surface area contributed by atoms with Gasteiger partial charge < -0.3 is 4.74 Å². The Bertz CT molecular complexity index is 259. The summed E-state index contributed by atoms with van der Waals surface area (Å²) < 4.78 is 6.26. The molecule has 0 aromatic rings. The molecule has 0 N–H and O–H groups in total. The highest BCUT2D eigenvalue weighted by atomic mass is 16.5. The maximum Gasteiger partial charge on any atom is 0.0759 e. The molecule has 0 aromatic carbocycles. The molecule has 1 rings (SSSR count). The molecule has 0 unspecified atom stereocenters. The second-order valence-corrected chi connectivity index (χ2v) is 7.07. The van der Waals surface area contributed by atoms with Crippen molar-refractivity contribution >= 4 is 0 Å². The molecule has 0 spiro atoms. The third-order valence-electron chi connectivity index (χ3n) is 4.84. The third-order valence-corrected chi connectivity index (χ3v) is 4.84. The van der Waals surface area contributed by atoms with Gasteiger partial charge in [-0.05, 0) is 19.3 Å². The van der Waals surface area contributed by atoms with Gasteiger partial charge in [-0.2, -0.15) is 0 Å². The first-order valence-electron chi connectivity index (χ1n) is 10.2. The summed E-state index contributed by atoms with van der Waals surface area (Å²) in [4.78, 5) is 0. The maximum absolute atomic E-state index is 6.26. The first-order chi connectivity index (χ1) is 10.9. The molecule has 0 radical (unpaired) electrons. The summed E-state index contributed by atoms with van der Waals surface area (Å²) in [7, 11) is 0. The van der Waals surface area contributed by atoms with Gasteiger partial charge in [-0.3, -0.25) is 0 Å². The number of unbranched alkanes of at least 4 members (excludes halogenated alkanes) is 10. The largest absolute Gasteiger partial charge is 0.371 e. The molecule has 0 saturated carbocycles. The van der Waals surface area contributed by atoms with Crippen LogP contribution in [0.25, 0.3) is 0 Å². The standard InChI is InChI=1S/C21H40O/c1-3-5-7-9-11-13-16-20-18-15-19-21(22-20)17-14-12-10-8-6-4-2/h15,18,20-21H,3-14,16-17,19H2,1-2H3/t20-,21-/m0/s1. The molecule has 2 atom stereocenters. The number of rotatable bonds is 14. The summed E-state index contributed by atoms with van der Waals surface area (Å²) >= 11 is 0. The van der Waals surface area contributed by atoms with Crippen LogP contribution in [0.1, 0.15) is 110 Å². The monoisotopic (exact) mass is 308 g/mol. The Hall–Kier alpha value is -0.300. The SMILES string of the molecule is CCCCCCCC[C@H]1CC=C[C@H](CCCCCCCC)O1. The fourth-order valence-corrected chi connectivity index (χ4v) is 3.36. The normalized spacial score (nSPS) is 21.4. The van der Waals surface area contributed by atoms with Crippen LogP contribution in [0.4, 0.5) is 0 Å². The van der Waals surface area contributed by atoms with Gasteiger partial charge in [0.05, 0.1) is 12.2 Å². The van der Waals surface area contributed by atoms with Crippen molar-refractivity contribution in [2.24, 2.45) is 0 Å². The van der Waals surface area contributed by atoms with Crippen molar-refractivity contribution in [1.82, 2.24) is 0 Å². The Balaban J connectivity index is 1.99. The predicted molar refractivity (Wildman–Crippen MR) is 98.4 cm³/mol. The van der Waals surface area contributed by atoms with Gasteiger partial charge in [-0.25, -0.2) is 0 Å². The van der Waals surface area contributed by atoms with Crippen LogP contribution in [-0.4, -0.2) is 12.2 Å². The van der Waals surface area contributed by atoms with E-state index < -0.39 is 0 Å². The average Bonchev–Trinajstić information content (AvgIpc) is 2.54. The molecule has 0 saturated heterocycles. The number of ether oxygens (including phenoxy) is 1. The molecule has 0 bridgehead atoms. The zero-order valence-corrected chi connectivity index (χ0v) is 15.3. The summed E-state index contributed by atoms with van der Waals surface area (Å²) in [6.45, 7) is 4.57. The molecule has 1 heteroatoms. The van der Waals surface area contributed by atoms with Gasteiger partial charge in [0.25, 0.3) is 0 Å². The highest BCUT2D eigenvalue weighted by Gasteiger charge is 2.17. The van der Waals surface area contributed by atoms with Crippen molar-refractivity contribution in [1.29, 1.82) is 0 Å². The van der Waals surface area contributed by atoms with Crippen LogP contribution in [0.15, 0.2) is 12.2 Å². The van der Waals surface area contributed by atoms with Crippen molar-refractivity contribution in [3.8, 4) is 0 Å². The molecular weight excluding hydrogens is 268 g/mol. The van der Waals surface area contributed by atoms with E-state index in [1.165, 1.54) is 89.9 Å². The second-order valence-electron chi connectivity index (χ2n) is 7.07. The van der Waals surface area contributed by atoms with Crippen molar-refractivity contribution < 1.29 is 4.74 Å². The van der Waals surface area contributed by atoms with Crippen LogP contribution in [0.3, 0.4) is 0 Å². The lowest BCUT2D eigenvalue weighted by Gasteiger charge is -2.26. The van der Waals surface area contributed by atoms with E-state index in [1.807, 2.05) is 0 Å². The third kappa shape index (κ3) is 10.4. The second kappa shape index (κ2) is 14.3. The molecule has 0 amide bonds. The number of hydrogen-bond acceptors (Lipinski definition) is 1. The Morgan fingerprint density at radius 2 is 1.27 bits per heavy atom. The van der Waals surface area contributed by atoms with Crippen LogP contribution in [-0.2, 0) is 4.74 Å². The summed E-state index contributed by atoms with van der Waals surface area (Å²) in [5, 5.41) is 0. The van der Waals surface area contributed by atoms with Gasteiger partial charge in [0.2, 0.25) is 0 Å². The van der Waals surface area contributed by atoms with E-state index in [9.17, 15) is 0 Å². The summed E-state index contributed by atoms with van der Waals surface area (Å²) in [5.41, 5.74) is 0. The molecule has 1 nitrogen and oxygen atoms in total. The van der Waals surface area contributed by atoms with Crippen LogP contribution in [0.5, 0.6) is 0 Å². The van der Waals surface area contributed by atoms with E-state index in [0.29, 0.717) is 12.2 Å². The molecule has 1 heterocycles. The fraction of sp³-hybridized carbons (Fsp3) is 0.905. The predicted octanol–water partition coefficient (Wildman–Crippen LogP) is 7.20. The molecule has 0 aliphatic carbocycles. The van der Waals surface area contributed by atoms with E-state index in [2.05, 4.69) is 26.0 Å². The summed E-state index contributed by atoms with van der Waals surface area (Å²) in [6.07, 6.45) is 25.8. The highest BCUT2D eigenvalue weighted by Crippen LogP contribution is 2.22. The first kappa shape index (κ1) is 19.7. The Labute approximate surface area is 139 Å². The smallest absolute Gasteiger partial charge is 0.0759 e. The molecule has 130 valence electrons. The van der Waals surface area contributed by atoms with E-state index in [1.54, 1.807) is 0 Å². The first-order valence-corrected chi connectivity index (χ1v) is 10.2. The Kier molecular flexibility index (Phi) is 12.8. The lowest BCUT2D eigenvalue weighted by molar-refractivity contribution is -0.00434. The quantitative estimate of drug-likeness (QED) is 0.243. The van der Waals surface area contributed by atoms with E-state index in [4.69, 9.17) is 4.74 Å². The van der Waals surface area contributed by atoms with Gasteiger partial charge in [0.15, 0.2) is 0 Å². The highest BCUT2D eigenvalue weighted by molar-refractivity contribution is 4.96. The van der Waals surface area contributed by atoms with Gasteiger partial charge >= 0.3 is 0 Å². The van der Waals surface area contributed by atoms with Crippen molar-refractivity contribution in [3.63, 3.8) is 0 Å². The van der Waals surface area contributed by atoms with Gasteiger partial charge in [0, 0.05) is 0 Å². The van der Waals surface area contributed by atoms with Crippen LogP contribution in [0, 0.1) is 0 Å². The average molecular weight is 309 g/mol. The van der Waals surface area contributed by atoms with Crippen molar-refractivity contribution in [2.75, 3.05) is 0 Å². The number of hydrogen-bond donors (Lipinski definition) is 0. The molecule has 1 aliphatic heterocycles. The van der Waals surface area contributed by atoms with Crippen molar-refractivity contribution in [3.05, 3.63) is 12.2 Å². The van der Waals surface area contributed by atoms with Crippen LogP contribution >= 0.6 is 0 Å². The minimum absolute atomic E-state index is 0.407.